The van der Waals surface area contributed by atoms with Crippen molar-refractivity contribution in [3.63, 3.8) is 0 Å². The molecule has 0 saturated heterocycles. The van der Waals surface area contributed by atoms with E-state index in [2.05, 4.69) is 4.98 Å². The zero-order valence-corrected chi connectivity index (χ0v) is 15.0. The third kappa shape index (κ3) is 3.24. The first kappa shape index (κ1) is 18.7. The van der Waals surface area contributed by atoms with Crippen molar-refractivity contribution in [3.05, 3.63) is 108 Å². The molecule has 4 nitrogen and oxygen atoms in total. The standard InChI is InChI=1S/C22H15F3N2O2/c23-22(24,25)20(28)29-21(16-9-3-1-4-10-16,17-11-5-2-6-12-17)18-15-26-19-13-7-8-14-27(18)19/h1-15H. The van der Waals surface area contributed by atoms with Crippen LogP contribution in [0.25, 0.3) is 5.65 Å². The maximum absolute atomic E-state index is 13.3. The molecule has 0 N–H and O–H groups in total. The number of halogens is 3. The first-order chi connectivity index (χ1) is 13.9. The number of nitrogens with zero attached hydrogens (tertiary/aromatic N) is 2. The average Bonchev–Trinajstić information content (AvgIpc) is 3.17. The molecule has 0 aliphatic heterocycles. The molecule has 0 spiro atoms. The number of alkyl halides is 3. The fourth-order valence-corrected chi connectivity index (χ4v) is 3.37. The summed E-state index contributed by atoms with van der Waals surface area (Å²) >= 11 is 0. The highest BCUT2D eigenvalue weighted by molar-refractivity contribution is 5.77. The van der Waals surface area contributed by atoms with Gasteiger partial charge >= 0.3 is 12.1 Å². The van der Waals surface area contributed by atoms with Crippen LogP contribution in [-0.2, 0) is 15.1 Å². The van der Waals surface area contributed by atoms with Crippen LogP contribution < -0.4 is 0 Å². The number of fused-ring (bicyclic) bond motifs is 1. The number of aromatic nitrogens is 2. The molecule has 0 aliphatic rings. The average molecular weight is 396 g/mol. The Bertz CT molecular complexity index is 1100. The van der Waals surface area contributed by atoms with Crippen LogP contribution in [0, 0.1) is 0 Å². The van der Waals surface area contributed by atoms with Crippen LogP contribution in [0.3, 0.4) is 0 Å². The van der Waals surface area contributed by atoms with E-state index >= 15 is 0 Å². The number of ether oxygens (including phenoxy) is 1. The van der Waals surface area contributed by atoms with Crippen molar-refractivity contribution in [2.24, 2.45) is 0 Å². The van der Waals surface area contributed by atoms with E-state index in [-0.39, 0.29) is 5.69 Å². The zero-order valence-electron chi connectivity index (χ0n) is 15.0. The molecule has 2 heterocycles. The van der Waals surface area contributed by atoms with Gasteiger partial charge in [0, 0.05) is 17.3 Å². The van der Waals surface area contributed by atoms with Crippen LogP contribution in [0.15, 0.2) is 91.3 Å². The predicted octanol–water partition coefficient (Wildman–Crippen LogP) is 4.73. The molecule has 0 radical (unpaired) electrons. The van der Waals surface area contributed by atoms with Crippen LogP contribution >= 0.6 is 0 Å². The van der Waals surface area contributed by atoms with Crippen LogP contribution in [0.1, 0.15) is 16.8 Å². The SMILES string of the molecule is O=C(OC(c1ccccc1)(c1ccccc1)c1cnc2ccccn12)C(F)(F)F. The van der Waals surface area contributed by atoms with E-state index in [0.29, 0.717) is 16.8 Å². The van der Waals surface area contributed by atoms with Crippen LogP contribution in [0.5, 0.6) is 0 Å². The minimum absolute atomic E-state index is 0.281. The number of hydrogen-bond acceptors (Lipinski definition) is 3. The number of hydrogen-bond donors (Lipinski definition) is 0. The Labute approximate surface area is 164 Å². The second-order valence-corrected chi connectivity index (χ2v) is 6.37. The molecule has 0 saturated carbocycles. The molecule has 0 unspecified atom stereocenters. The van der Waals surface area contributed by atoms with E-state index in [9.17, 15) is 18.0 Å². The maximum Gasteiger partial charge on any atom is 0.490 e. The topological polar surface area (TPSA) is 43.6 Å². The van der Waals surface area contributed by atoms with Gasteiger partial charge in [0.1, 0.15) is 5.65 Å². The van der Waals surface area contributed by atoms with Crippen molar-refractivity contribution in [3.8, 4) is 0 Å². The van der Waals surface area contributed by atoms with Crippen LogP contribution in [0.2, 0.25) is 0 Å². The molecule has 0 fully saturated rings. The summed E-state index contributed by atoms with van der Waals surface area (Å²) in [5.74, 6) is -2.28. The van der Waals surface area contributed by atoms with Gasteiger partial charge in [-0.2, -0.15) is 13.2 Å². The van der Waals surface area contributed by atoms with Crippen LogP contribution in [0.4, 0.5) is 13.2 Å². The number of benzene rings is 2. The van der Waals surface area contributed by atoms with E-state index in [0.717, 1.165) is 0 Å². The second kappa shape index (κ2) is 7.09. The first-order valence-corrected chi connectivity index (χ1v) is 8.77. The van der Waals surface area contributed by atoms with E-state index in [1.165, 1.54) is 6.20 Å². The van der Waals surface area contributed by atoms with Gasteiger partial charge in [-0.15, -0.1) is 0 Å². The van der Waals surface area contributed by atoms with E-state index < -0.39 is 17.7 Å². The largest absolute Gasteiger partial charge is 0.490 e. The fraction of sp³-hybridized carbons (Fsp3) is 0.0909. The highest BCUT2D eigenvalue weighted by atomic mass is 19.4. The monoisotopic (exact) mass is 396 g/mol. The Hall–Kier alpha value is -3.61. The van der Waals surface area contributed by atoms with Gasteiger partial charge in [0.25, 0.3) is 0 Å². The number of rotatable bonds is 4. The van der Waals surface area contributed by atoms with Crippen molar-refractivity contribution in [1.29, 1.82) is 0 Å². The van der Waals surface area contributed by atoms with Gasteiger partial charge in [-0.1, -0.05) is 66.7 Å². The zero-order chi connectivity index (χ0) is 20.5. The lowest BCUT2D eigenvalue weighted by Crippen LogP contribution is -2.40. The lowest BCUT2D eigenvalue weighted by Gasteiger charge is -2.34. The third-order valence-corrected chi connectivity index (χ3v) is 4.62. The maximum atomic E-state index is 13.3. The summed E-state index contributed by atoms with van der Waals surface area (Å²) in [6, 6.07) is 21.9. The minimum atomic E-state index is -5.16. The second-order valence-electron chi connectivity index (χ2n) is 6.37. The van der Waals surface area contributed by atoms with E-state index in [1.807, 2.05) is 0 Å². The minimum Gasteiger partial charge on any atom is -0.436 e. The van der Waals surface area contributed by atoms with Crippen molar-refractivity contribution >= 4 is 11.6 Å². The molecule has 4 rings (SSSR count). The first-order valence-electron chi connectivity index (χ1n) is 8.77. The Morgan fingerprint density at radius 1 is 0.828 bits per heavy atom. The predicted molar refractivity (Wildman–Crippen MR) is 100 cm³/mol. The summed E-state index contributed by atoms with van der Waals surface area (Å²) in [5, 5.41) is 0. The van der Waals surface area contributed by atoms with Crippen LogP contribution in [-0.4, -0.2) is 21.5 Å². The summed E-state index contributed by atoms with van der Waals surface area (Å²) in [4.78, 5) is 16.4. The van der Waals surface area contributed by atoms with Gasteiger partial charge in [-0.3, -0.25) is 4.40 Å². The molecular formula is C22H15F3N2O2. The molecule has 2 aromatic carbocycles. The highest BCUT2D eigenvalue weighted by Gasteiger charge is 2.50. The quantitative estimate of drug-likeness (QED) is 0.469. The summed E-state index contributed by atoms with van der Waals surface area (Å²) in [5.41, 5.74) is -0.315. The van der Waals surface area contributed by atoms with Gasteiger partial charge in [0.05, 0.1) is 11.9 Å². The lowest BCUT2D eigenvalue weighted by molar-refractivity contribution is -0.209. The molecule has 7 heteroatoms. The van der Waals surface area contributed by atoms with Gasteiger partial charge in [-0.25, -0.2) is 9.78 Å². The molecule has 4 aromatic rings. The lowest BCUT2D eigenvalue weighted by atomic mass is 9.83. The van der Waals surface area contributed by atoms with E-state index in [4.69, 9.17) is 4.74 Å². The van der Waals surface area contributed by atoms with Gasteiger partial charge < -0.3 is 4.74 Å². The molecule has 0 atom stereocenters. The summed E-state index contributed by atoms with van der Waals surface area (Å²) < 4.78 is 46.7. The Kier molecular flexibility index (Phi) is 4.58. The third-order valence-electron chi connectivity index (χ3n) is 4.62. The number of carbonyl (C=O) groups is 1. The fourth-order valence-electron chi connectivity index (χ4n) is 3.37. The summed E-state index contributed by atoms with van der Waals surface area (Å²) in [6.07, 6.45) is -2.06. The van der Waals surface area contributed by atoms with Gasteiger partial charge in [-0.05, 0) is 12.1 Å². The van der Waals surface area contributed by atoms with Crippen molar-refractivity contribution in [2.75, 3.05) is 0 Å². The van der Waals surface area contributed by atoms with Gasteiger partial charge in [0.15, 0.2) is 0 Å². The summed E-state index contributed by atoms with van der Waals surface area (Å²) in [6.45, 7) is 0. The number of carbonyl (C=O) groups excluding carboxylic acids is 1. The van der Waals surface area contributed by atoms with Gasteiger partial charge in [0.2, 0.25) is 5.60 Å². The number of esters is 1. The van der Waals surface area contributed by atoms with Crippen molar-refractivity contribution in [1.82, 2.24) is 9.38 Å². The molecule has 29 heavy (non-hydrogen) atoms. The Morgan fingerprint density at radius 2 is 1.38 bits per heavy atom. The van der Waals surface area contributed by atoms with Crippen molar-refractivity contribution in [2.45, 2.75) is 11.8 Å². The Balaban J connectivity index is 2.07. The molecule has 0 amide bonds. The van der Waals surface area contributed by atoms with Crippen molar-refractivity contribution < 1.29 is 22.7 Å². The normalized spacial score (nSPS) is 12.1. The summed E-state index contributed by atoms with van der Waals surface area (Å²) in [7, 11) is 0. The highest BCUT2D eigenvalue weighted by Crippen LogP contribution is 2.42. The molecule has 0 bridgehead atoms. The number of imidazole rings is 1. The van der Waals surface area contributed by atoms with E-state index in [1.54, 1.807) is 89.5 Å². The molecule has 146 valence electrons. The molecule has 2 aromatic heterocycles. The molecular weight excluding hydrogens is 381 g/mol. The molecule has 0 aliphatic carbocycles. The Morgan fingerprint density at radius 3 is 1.93 bits per heavy atom. The smallest absolute Gasteiger partial charge is 0.436 e. The number of pyridine rings is 1.